The molecule has 0 spiro atoms. The van der Waals surface area contributed by atoms with E-state index in [0.717, 1.165) is 12.0 Å². The van der Waals surface area contributed by atoms with Crippen molar-refractivity contribution < 1.29 is 4.79 Å². The minimum absolute atomic E-state index is 0.0124. The van der Waals surface area contributed by atoms with E-state index in [9.17, 15) is 24.0 Å². The number of rotatable bonds is 11. The summed E-state index contributed by atoms with van der Waals surface area (Å²) < 4.78 is 8.38. The summed E-state index contributed by atoms with van der Waals surface area (Å²) in [4.78, 5) is 71.4. The molecule has 13 nitrogen and oxygen atoms in total. The van der Waals surface area contributed by atoms with Crippen LogP contribution in [-0.4, -0.2) is 43.2 Å². The van der Waals surface area contributed by atoms with Gasteiger partial charge in [0.25, 0.3) is 11.1 Å². The van der Waals surface area contributed by atoms with Gasteiger partial charge in [-0.2, -0.15) is 0 Å². The average molecular weight is 539 g/mol. The number of carbonyl (C=O) groups is 1. The third-order valence-corrected chi connectivity index (χ3v) is 7.07. The average Bonchev–Trinajstić information content (AvgIpc) is 3.48. The van der Waals surface area contributed by atoms with Gasteiger partial charge in [0.1, 0.15) is 0 Å². The standard InChI is InChI=1S/C26H34N8O5/c1-17(10-6-8-12-33-23(36)19-21(27-15-29(19)2)31(4)25(33)38)14-18(35)11-7-9-13-34-24(37)20-22(28-16-30(20)3)32(5)26(34)39/h14-16H,6-13H2,1-5H3. The normalized spacial score (nSPS) is 12.2. The molecule has 0 saturated heterocycles. The van der Waals surface area contributed by atoms with Crippen molar-refractivity contribution in [1.82, 2.24) is 37.4 Å². The van der Waals surface area contributed by atoms with Gasteiger partial charge in [0.15, 0.2) is 28.1 Å². The van der Waals surface area contributed by atoms with Crippen molar-refractivity contribution in [3.63, 3.8) is 0 Å². The van der Waals surface area contributed by atoms with Crippen LogP contribution in [0.4, 0.5) is 0 Å². The number of ketones is 1. The van der Waals surface area contributed by atoms with Crippen LogP contribution in [0, 0.1) is 0 Å². The third kappa shape index (κ3) is 5.33. The second kappa shape index (κ2) is 11.2. The first kappa shape index (κ1) is 27.7. The Balaban J connectivity index is 1.27. The summed E-state index contributed by atoms with van der Waals surface area (Å²) in [5.41, 5.74) is 0.854. The molecule has 0 aliphatic carbocycles. The number of hydrogen-bond donors (Lipinski definition) is 0. The van der Waals surface area contributed by atoms with Crippen LogP contribution in [0.3, 0.4) is 0 Å². The zero-order valence-corrected chi connectivity index (χ0v) is 23.0. The van der Waals surface area contributed by atoms with Crippen molar-refractivity contribution in [3.8, 4) is 0 Å². The van der Waals surface area contributed by atoms with Gasteiger partial charge in [-0.25, -0.2) is 19.6 Å². The van der Waals surface area contributed by atoms with E-state index in [2.05, 4.69) is 9.97 Å². The highest BCUT2D eigenvalue weighted by molar-refractivity contribution is 5.90. The fourth-order valence-corrected chi connectivity index (χ4v) is 4.85. The van der Waals surface area contributed by atoms with E-state index in [0.29, 0.717) is 54.4 Å². The van der Waals surface area contributed by atoms with Crippen LogP contribution in [0.5, 0.6) is 0 Å². The number of aryl methyl sites for hydroxylation is 4. The molecule has 4 aromatic rings. The monoisotopic (exact) mass is 538 g/mol. The number of hydrogen-bond acceptors (Lipinski definition) is 7. The predicted molar refractivity (Wildman–Crippen MR) is 147 cm³/mol. The van der Waals surface area contributed by atoms with Crippen molar-refractivity contribution in [2.24, 2.45) is 28.2 Å². The first-order chi connectivity index (χ1) is 18.5. The molecule has 4 heterocycles. The van der Waals surface area contributed by atoms with Crippen LogP contribution < -0.4 is 22.5 Å². The smallest absolute Gasteiger partial charge is 0.328 e. The van der Waals surface area contributed by atoms with Gasteiger partial charge < -0.3 is 9.13 Å². The minimum atomic E-state index is -0.423. The highest BCUT2D eigenvalue weighted by Gasteiger charge is 2.16. The van der Waals surface area contributed by atoms with Crippen molar-refractivity contribution >= 4 is 28.1 Å². The van der Waals surface area contributed by atoms with Gasteiger partial charge in [-0.1, -0.05) is 5.57 Å². The number of allylic oxidation sites excluding steroid dienone is 2. The lowest BCUT2D eigenvalue weighted by molar-refractivity contribution is -0.114. The molecule has 0 fully saturated rings. The van der Waals surface area contributed by atoms with Crippen molar-refractivity contribution in [3.05, 3.63) is 66.0 Å². The lowest BCUT2D eigenvalue weighted by Crippen LogP contribution is -2.39. The number of fused-ring (bicyclic) bond motifs is 2. The molecule has 208 valence electrons. The van der Waals surface area contributed by atoms with Gasteiger partial charge in [0, 0.05) is 47.7 Å². The van der Waals surface area contributed by atoms with Crippen LogP contribution in [0.15, 0.2) is 43.5 Å². The number of carbonyl (C=O) groups excluding carboxylic acids is 1. The maximum absolute atomic E-state index is 12.8. The summed E-state index contributed by atoms with van der Waals surface area (Å²) in [7, 11) is 6.62. The molecule has 0 bridgehead atoms. The largest absolute Gasteiger partial charge is 0.332 e. The zero-order chi connectivity index (χ0) is 28.4. The Hall–Kier alpha value is -4.29. The first-order valence-electron chi connectivity index (χ1n) is 12.9. The molecule has 0 aromatic carbocycles. The van der Waals surface area contributed by atoms with Gasteiger partial charge in [0.2, 0.25) is 0 Å². The molecule has 4 aromatic heterocycles. The minimum Gasteiger partial charge on any atom is -0.328 e. The SMILES string of the molecule is CC(=CC(=O)CCCCn1c(=O)c2c(ncn2C)n(C)c1=O)CCCCn1c(=O)c2c(ncn2C)n(C)c1=O. The quantitative estimate of drug-likeness (QED) is 0.203. The topological polar surface area (TPSA) is 141 Å². The summed E-state index contributed by atoms with van der Waals surface area (Å²) in [6.07, 6.45) is 8.03. The predicted octanol–water partition coefficient (Wildman–Crippen LogP) is 0.737. The van der Waals surface area contributed by atoms with Gasteiger partial charge in [-0.3, -0.25) is 32.7 Å². The van der Waals surface area contributed by atoms with Crippen LogP contribution in [0.2, 0.25) is 0 Å². The third-order valence-electron chi connectivity index (χ3n) is 7.07. The second-order valence-corrected chi connectivity index (χ2v) is 10.0. The second-order valence-electron chi connectivity index (χ2n) is 10.0. The molecule has 0 atom stereocenters. The fourth-order valence-electron chi connectivity index (χ4n) is 4.85. The van der Waals surface area contributed by atoms with Crippen molar-refractivity contribution in [2.45, 2.75) is 58.5 Å². The Morgan fingerprint density at radius 2 is 1.15 bits per heavy atom. The molecule has 0 radical (unpaired) electrons. The van der Waals surface area contributed by atoms with Gasteiger partial charge >= 0.3 is 11.4 Å². The number of aromatic nitrogens is 8. The van der Waals surface area contributed by atoms with E-state index in [-0.39, 0.29) is 30.0 Å². The van der Waals surface area contributed by atoms with Crippen LogP contribution in [0.1, 0.15) is 45.4 Å². The summed E-state index contributed by atoms with van der Waals surface area (Å²) in [6.45, 7) is 2.40. The Labute approximate surface area is 223 Å². The lowest BCUT2D eigenvalue weighted by Gasteiger charge is -2.09. The summed E-state index contributed by atoms with van der Waals surface area (Å²) in [5, 5.41) is 0. The molecular weight excluding hydrogens is 504 g/mol. The van der Waals surface area contributed by atoms with Crippen LogP contribution in [0.25, 0.3) is 22.3 Å². The molecule has 0 saturated carbocycles. The Kier molecular flexibility index (Phi) is 7.98. The fraction of sp³-hybridized carbons (Fsp3) is 0.500. The van der Waals surface area contributed by atoms with E-state index in [1.165, 1.54) is 30.9 Å². The Bertz CT molecular complexity index is 1830. The molecule has 4 rings (SSSR count). The zero-order valence-electron chi connectivity index (χ0n) is 23.0. The highest BCUT2D eigenvalue weighted by atomic mass is 16.2. The molecule has 0 unspecified atom stereocenters. The van der Waals surface area contributed by atoms with Crippen molar-refractivity contribution in [1.29, 1.82) is 0 Å². The Morgan fingerprint density at radius 1 is 0.718 bits per heavy atom. The van der Waals surface area contributed by atoms with Gasteiger partial charge in [0.05, 0.1) is 12.7 Å². The lowest BCUT2D eigenvalue weighted by atomic mass is 10.1. The molecule has 13 heteroatoms. The van der Waals surface area contributed by atoms with Crippen molar-refractivity contribution in [2.75, 3.05) is 0 Å². The van der Waals surface area contributed by atoms with E-state index in [1.54, 1.807) is 43.4 Å². The van der Waals surface area contributed by atoms with Crippen LogP contribution in [-0.2, 0) is 46.1 Å². The molecule has 39 heavy (non-hydrogen) atoms. The van der Waals surface area contributed by atoms with Crippen LogP contribution >= 0.6 is 0 Å². The van der Waals surface area contributed by atoms with E-state index in [4.69, 9.17) is 0 Å². The molecule has 0 amide bonds. The Morgan fingerprint density at radius 3 is 1.62 bits per heavy atom. The summed E-state index contributed by atoms with van der Waals surface area (Å²) in [5.74, 6) is -0.0124. The first-order valence-corrected chi connectivity index (χ1v) is 12.9. The summed E-state index contributed by atoms with van der Waals surface area (Å²) >= 11 is 0. The molecular formula is C26H34N8O5. The van der Waals surface area contributed by atoms with E-state index in [1.807, 2.05) is 6.92 Å². The number of nitrogens with zero attached hydrogens (tertiary/aromatic N) is 8. The number of imidazole rings is 2. The van der Waals surface area contributed by atoms with E-state index >= 15 is 0 Å². The van der Waals surface area contributed by atoms with Gasteiger partial charge in [-0.15, -0.1) is 0 Å². The molecule has 0 aliphatic heterocycles. The maximum atomic E-state index is 12.8. The number of unbranched alkanes of at least 4 members (excludes halogenated alkanes) is 2. The highest BCUT2D eigenvalue weighted by Crippen LogP contribution is 2.10. The maximum Gasteiger partial charge on any atom is 0.332 e. The summed E-state index contributed by atoms with van der Waals surface area (Å²) in [6, 6.07) is 0. The molecule has 0 N–H and O–H groups in total. The van der Waals surface area contributed by atoms with E-state index < -0.39 is 11.4 Å². The van der Waals surface area contributed by atoms with Gasteiger partial charge in [-0.05, 0) is 45.1 Å². The molecule has 0 aliphatic rings.